The van der Waals surface area contributed by atoms with Gasteiger partial charge >= 0.3 is 0 Å². The summed E-state index contributed by atoms with van der Waals surface area (Å²) in [5.74, 6) is 0. The molecule has 0 spiro atoms. The first-order chi connectivity index (χ1) is 6.22. The maximum absolute atomic E-state index is 9.26. The standard InChI is InChI=1S/C9H4BrNOS/c10-8-6(4-11)2-1-5-3-7(12)13-9(5)8/h1-3,12H. The Morgan fingerprint density at radius 3 is 2.92 bits per heavy atom. The fourth-order valence-corrected chi connectivity index (χ4v) is 2.67. The van der Waals surface area contributed by atoms with E-state index in [9.17, 15) is 5.11 Å². The van der Waals surface area contributed by atoms with Gasteiger partial charge in [0.05, 0.1) is 14.7 Å². The van der Waals surface area contributed by atoms with E-state index in [1.165, 1.54) is 11.3 Å². The van der Waals surface area contributed by atoms with Gasteiger partial charge in [0.15, 0.2) is 5.06 Å². The summed E-state index contributed by atoms with van der Waals surface area (Å²) in [4.78, 5) is 0. The van der Waals surface area contributed by atoms with Crippen LogP contribution in [0.3, 0.4) is 0 Å². The number of nitrogens with zero attached hydrogens (tertiary/aromatic N) is 1. The molecule has 0 fully saturated rings. The molecule has 13 heavy (non-hydrogen) atoms. The third-order valence-corrected chi connectivity index (χ3v) is 3.79. The highest BCUT2D eigenvalue weighted by molar-refractivity contribution is 9.10. The summed E-state index contributed by atoms with van der Waals surface area (Å²) in [7, 11) is 0. The lowest BCUT2D eigenvalue weighted by Gasteiger charge is -1.94. The number of hydrogen-bond acceptors (Lipinski definition) is 3. The van der Waals surface area contributed by atoms with Crippen LogP contribution in [0.4, 0.5) is 0 Å². The molecule has 0 bridgehead atoms. The number of halogens is 1. The Bertz CT molecular complexity index is 512. The summed E-state index contributed by atoms with van der Waals surface area (Å²) in [5.41, 5.74) is 0.592. The molecule has 64 valence electrons. The van der Waals surface area contributed by atoms with Crippen molar-refractivity contribution in [1.82, 2.24) is 0 Å². The van der Waals surface area contributed by atoms with Gasteiger partial charge in [-0.3, -0.25) is 0 Å². The van der Waals surface area contributed by atoms with E-state index in [0.717, 1.165) is 14.6 Å². The Labute approximate surface area is 87.2 Å². The van der Waals surface area contributed by atoms with Crippen molar-refractivity contribution in [1.29, 1.82) is 5.26 Å². The molecule has 1 aromatic carbocycles. The lowest BCUT2D eigenvalue weighted by atomic mass is 10.2. The van der Waals surface area contributed by atoms with Gasteiger partial charge in [0.1, 0.15) is 6.07 Å². The van der Waals surface area contributed by atoms with Gasteiger partial charge in [0.25, 0.3) is 0 Å². The van der Waals surface area contributed by atoms with E-state index < -0.39 is 0 Å². The van der Waals surface area contributed by atoms with Crippen molar-refractivity contribution in [3.63, 3.8) is 0 Å². The highest BCUT2D eigenvalue weighted by atomic mass is 79.9. The zero-order chi connectivity index (χ0) is 9.42. The Hall–Kier alpha value is -1.05. The number of thiophene rings is 1. The van der Waals surface area contributed by atoms with Gasteiger partial charge in [-0.05, 0) is 33.4 Å². The van der Waals surface area contributed by atoms with Crippen LogP contribution >= 0.6 is 27.3 Å². The molecule has 1 N–H and O–H groups in total. The van der Waals surface area contributed by atoms with Crippen LogP contribution in [0.25, 0.3) is 10.1 Å². The largest absolute Gasteiger partial charge is 0.499 e. The summed E-state index contributed by atoms with van der Waals surface area (Å²) >= 11 is 4.60. The van der Waals surface area contributed by atoms with Crippen LogP contribution in [-0.2, 0) is 0 Å². The maximum Gasteiger partial charge on any atom is 0.172 e. The van der Waals surface area contributed by atoms with E-state index in [4.69, 9.17) is 5.26 Å². The first-order valence-electron chi connectivity index (χ1n) is 3.53. The Balaban J connectivity index is 2.87. The minimum atomic E-state index is 0.269. The van der Waals surface area contributed by atoms with Crippen molar-refractivity contribution in [3.05, 3.63) is 28.2 Å². The van der Waals surface area contributed by atoms with E-state index in [0.29, 0.717) is 5.56 Å². The van der Waals surface area contributed by atoms with Gasteiger partial charge in [-0.15, -0.1) is 0 Å². The topological polar surface area (TPSA) is 44.0 Å². The fourth-order valence-electron chi connectivity index (χ4n) is 1.14. The number of rotatable bonds is 0. The number of benzene rings is 1. The van der Waals surface area contributed by atoms with Crippen LogP contribution in [0.2, 0.25) is 0 Å². The van der Waals surface area contributed by atoms with Crippen LogP contribution in [0.15, 0.2) is 22.7 Å². The molecule has 1 heterocycles. The molecule has 2 nitrogen and oxygen atoms in total. The van der Waals surface area contributed by atoms with Gasteiger partial charge in [0, 0.05) is 0 Å². The Morgan fingerprint density at radius 2 is 2.23 bits per heavy atom. The summed E-state index contributed by atoms with van der Waals surface area (Å²) in [5, 5.41) is 19.2. The third-order valence-electron chi connectivity index (χ3n) is 1.73. The maximum atomic E-state index is 9.26. The zero-order valence-electron chi connectivity index (χ0n) is 6.41. The van der Waals surface area contributed by atoms with E-state index in [1.807, 2.05) is 6.07 Å². The fraction of sp³-hybridized carbons (Fsp3) is 0. The van der Waals surface area contributed by atoms with Gasteiger partial charge in [-0.1, -0.05) is 17.4 Å². The lowest BCUT2D eigenvalue weighted by molar-refractivity contribution is 0.491. The first kappa shape index (κ1) is 8.54. The second-order valence-corrected chi connectivity index (χ2v) is 4.37. The molecule has 0 atom stereocenters. The monoisotopic (exact) mass is 253 g/mol. The zero-order valence-corrected chi connectivity index (χ0v) is 8.82. The molecule has 2 rings (SSSR count). The Morgan fingerprint density at radius 1 is 1.46 bits per heavy atom. The predicted molar refractivity (Wildman–Crippen MR) is 55.9 cm³/mol. The molecule has 0 aliphatic rings. The smallest absolute Gasteiger partial charge is 0.172 e. The predicted octanol–water partition coefficient (Wildman–Crippen LogP) is 3.24. The van der Waals surface area contributed by atoms with Crippen molar-refractivity contribution in [2.45, 2.75) is 0 Å². The van der Waals surface area contributed by atoms with Crippen LogP contribution in [-0.4, -0.2) is 5.11 Å². The van der Waals surface area contributed by atoms with Gasteiger partial charge in [-0.2, -0.15) is 5.26 Å². The molecule has 1 aromatic heterocycles. The van der Waals surface area contributed by atoms with Crippen LogP contribution < -0.4 is 0 Å². The lowest BCUT2D eigenvalue weighted by Crippen LogP contribution is -1.75. The molecular formula is C9H4BrNOS. The number of fused-ring (bicyclic) bond motifs is 1. The number of aromatic hydroxyl groups is 1. The van der Waals surface area contributed by atoms with Crippen LogP contribution in [0, 0.1) is 11.3 Å². The van der Waals surface area contributed by atoms with E-state index in [1.54, 1.807) is 12.1 Å². The second kappa shape index (κ2) is 3.02. The Kier molecular flexibility index (Phi) is 1.98. The number of nitriles is 1. The van der Waals surface area contributed by atoms with Gasteiger partial charge in [0.2, 0.25) is 0 Å². The molecule has 2 aromatic rings. The van der Waals surface area contributed by atoms with E-state index >= 15 is 0 Å². The van der Waals surface area contributed by atoms with Gasteiger partial charge < -0.3 is 5.11 Å². The average Bonchev–Trinajstić information content (AvgIpc) is 2.47. The molecule has 0 aliphatic heterocycles. The first-order valence-corrected chi connectivity index (χ1v) is 5.14. The highest BCUT2D eigenvalue weighted by Crippen LogP contribution is 2.37. The van der Waals surface area contributed by atoms with E-state index in [2.05, 4.69) is 22.0 Å². The molecule has 0 amide bonds. The van der Waals surface area contributed by atoms with Crippen molar-refractivity contribution in [3.8, 4) is 11.1 Å². The van der Waals surface area contributed by atoms with Crippen molar-refractivity contribution in [2.24, 2.45) is 0 Å². The van der Waals surface area contributed by atoms with E-state index in [-0.39, 0.29) is 5.06 Å². The SMILES string of the molecule is N#Cc1ccc2cc(O)sc2c1Br. The van der Waals surface area contributed by atoms with Crippen molar-refractivity contribution < 1.29 is 5.11 Å². The minimum absolute atomic E-state index is 0.269. The summed E-state index contributed by atoms with van der Waals surface area (Å²) in [6, 6.07) is 7.32. The molecule has 0 aliphatic carbocycles. The minimum Gasteiger partial charge on any atom is -0.499 e. The van der Waals surface area contributed by atoms with Crippen LogP contribution in [0.5, 0.6) is 5.06 Å². The summed E-state index contributed by atoms with van der Waals surface area (Å²) in [6.45, 7) is 0. The average molecular weight is 254 g/mol. The molecule has 0 unspecified atom stereocenters. The summed E-state index contributed by atoms with van der Waals surface area (Å²) < 4.78 is 1.68. The van der Waals surface area contributed by atoms with Crippen LogP contribution in [0.1, 0.15) is 5.56 Å². The third kappa shape index (κ3) is 1.30. The molecule has 4 heteroatoms. The van der Waals surface area contributed by atoms with Crippen molar-refractivity contribution in [2.75, 3.05) is 0 Å². The molecular weight excluding hydrogens is 250 g/mol. The normalized spacial score (nSPS) is 10.2. The molecule has 0 saturated heterocycles. The number of hydrogen-bond donors (Lipinski definition) is 1. The molecule has 0 saturated carbocycles. The van der Waals surface area contributed by atoms with Crippen molar-refractivity contribution >= 4 is 37.4 Å². The summed E-state index contributed by atoms with van der Waals surface area (Å²) in [6.07, 6.45) is 0. The van der Waals surface area contributed by atoms with Gasteiger partial charge in [-0.25, -0.2) is 0 Å². The molecule has 0 radical (unpaired) electrons. The quantitative estimate of drug-likeness (QED) is 0.784. The second-order valence-electron chi connectivity index (χ2n) is 2.54. The highest BCUT2D eigenvalue weighted by Gasteiger charge is 2.07.